The molecule has 1 aromatic carbocycles. The first kappa shape index (κ1) is 21.9. The van der Waals surface area contributed by atoms with Crippen LogP contribution >= 0.6 is 0 Å². The lowest BCUT2D eigenvalue weighted by molar-refractivity contribution is -0.146. The number of aryl methyl sites for hydroxylation is 2. The fourth-order valence-electron chi connectivity index (χ4n) is 2.78. The van der Waals surface area contributed by atoms with Crippen LogP contribution in [0.5, 0.6) is 0 Å². The van der Waals surface area contributed by atoms with Crippen LogP contribution in [-0.2, 0) is 24.0 Å². The summed E-state index contributed by atoms with van der Waals surface area (Å²) in [4.78, 5) is 15.5. The third-order valence-electron chi connectivity index (χ3n) is 4.04. The molecule has 0 bridgehead atoms. The van der Waals surface area contributed by atoms with Crippen molar-refractivity contribution in [1.82, 2.24) is 19.3 Å². The number of fused-ring (bicyclic) bond motifs is 1. The van der Waals surface area contributed by atoms with Crippen LogP contribution in [0.15, 0.2) is 28.0 Å². The van der Waals surface area contributed by atoms with E-state index in [4.69, 9.17) is 0 Å². The molecule has 1 atom stereocenters. The van der Waals surface area contributed by atoms with Crippen molar-refractivity contribution < 1.29 is 34.9 Å². The Morgan fingerprint density at radius 2 is 1.77 bits per heavy atom. The summed E-state index contributed by atoms with van der Waals surface area (Å²) in [6.07, 6.45) is -9.13. The largest absolute Gasteiger partial charge is 0.450 e. The van der Waals surface area contributed by atoms with E-state index >= 15 is 0 Å². The second kappa shape index (κ2) is 7.18. The summed E-state index contributed by atoms with van der Waals surface area (Å²) in [7, 11) is -1.50. The molecule has 0 saturated carbocycles. The van der Waals surface area contributed by atoms with E-state index in [1.165, 1.54) is 7.05 Å². The maximum atomic E-state index is 14.6. The molecule has 2 heterocycles. The van der Waals surface area contributed by atoms with Crippen molar-refractivity contribution in [2.45, 2.75) is 24.2 Å². The lowest BCUT2D eigenvalue weighted by Gasteiger charge is -2.17. The van der Waals surface area contributed by atoms with E-state index in [-0.39, 0.29) is 15.5 Å². The zero-order valence-corrected chi connectivity index (χ0v) is 15.9. The Morgan fingerprint density at radius 3 is 2.33 bits per heavy atom. The standard InChI is InChI=1S/C16H11F7N4O2S/c1-7-3-9(17)10(4-11(7)30(29)6-15(18,19)20)27-13(28)8-5-24-26(2)12(8)25-14(27)16(21,22)23/h3-5H,6H2,1-2H3. The van der Waals surface area contributed by atoms with E-state index in [0.717, 1.165) is 17.8 Å². The maximum Gasteiger partial charge on any atom is 0.450 e. The normalized spacial score (nSPS) is 13.8. The second-order valence-electron chi connectivity index (χ2n) is 6.25. The van der Waals surface area contributed by atoms with Gasteiger partial charge in [-0.1, -0.05) is 0 Å². The van der Waals surface area contributed by atoms with Crippen LogP contribution in [-0.4, -0.2) is 35.5 Å². The van der Waals surface area contributed by atoms with Crippen LogP contribution in [0, 0.1) is 12.7 Å². The van der Waals surface area contributed by atoms with Crippen LogP contribution in [0.2, 0.25) is 0 Å². The molecule has 0 spiro atoms. The summed E-state index contributed by atoms with van der Waals surface area (Å²) < 4.78 is 106. The molecule has 0 fully saturated rings. The highest BCUT2D eigenvalue weighted by molar-refractivity contribution is 7.85. The van der Waals surface area contributed by atoms with Gasteiger partial charge in [0.15, 0.2) is 5.65 Å². The average molecular weight is 456 g/mol. The first-order valence-electron chi connectivity index (χ1n) is 7.98. The van der Waals surface area contributed by atoms with Crippen LogP contribution in [0.25, 0.3) is 16.7 Å². The molecule has 3 rings (SSSR count). The number of hydrogen-bond donors (Lipinski definition) is 0. The van der Waals surface area contributed by atoms with Crippen LogP contribution in [0.1, 0.15) is 11.4 Å². The number of nitrogens with zero attached hydrogens (tertiary/aromatic N) is 4. The highest BCUT2D eigenvalue weighted by atomic mass is 32.2. The van der Waals surface area contributed by atoms with Gasteiger partial charge >= 0.3 is 12.4 Å². The van der Waals surface area contributed by atoms with E-state index in [1.54, 1.807) is 0 Å². The molecule has 0 amide bonds. The summed E-state index contributed by atoms with van der Waals surface area (Å²) in [5, 5.41) is 3.27. The van der Waals surface area contributed by atoms with E-state index < -0.39 is 62.3 Å². The monoisotopic (exact) mass is 456 g/mol. The number of alkyl halides is 6. The molecule has 0 N–H and O–H groups in total. The van der Waals surface area contributed by atoms with E-state index in [1.807, 2.05) is 0 Å². The topological polar surface area (TPSA) is 69.8 Å². The summed E-state index contributed by atoms with van der Waals surface area (Å²) in [5.41, 5.74) is -2.97. The summed E-state index contributed by atoms with van der Waals surface area (Å²) >= 11 is 0. The molecule has 6 nitrogen and oxygen atoms in total. The molecule has 0 aliphatic rings. The molecule has 0 aliphatic carbocycles. The van der Waals surface area contributed by atoms with Gasteiger partial charge in [0.2, 0.25) is 5.82 Å². The molecule has 0 radical (unpaired) electrons. The lowest BCUT2D eigenvalue weighted by atomic mass is 10.2. The summed E-state index contributed by atoms with van der Waals surface area (Å²) in [5.74, 6) is -4.93. The van der Waals surface area contributed by atoms with Crippen molar-refractivity contribution in [3.63, 3.8) is 0 Å². The third kappa shape index (κ3) is 3.95. The van der Waals surface area contributed by atoms with Gasteiger partial charge in [0, 0.05) is 11.9 Å². The van der Waals surface area contributed by atoms with Gasteiger partial charge in [0.1, 0.15) is 17.0 Å². The minimum absolute atomic E-state index is 0.104. The molecular formula is C16H11F7N4O2S. The summed E-state index contributed by atoms with van der Waals surface area (Å²) in [6.45, 7) is 1.15. The number of benzene rings is 1. The fraction of sp³-hybridized carbons (Fsp3) is 0.312. The van der Waals surface area contributed by atoms with Crippen molar-refractivity contribution in [3.8, 4) is 5.69 Å². The first-order valence-corrected chi connectivity index (χ1v) is 9.30. The molecule has 162 valence electrons. The molecule has 30 heavy (non-hydrogen) atoms. The fourth-order valence-corrected chi connectivity index (χ4v) is 3.89. The number of hydrogen-bond acceptors (Lipinski definition) is 4. The van der Waals surface area contributed by atoms with Gasteiger partial charge < -0.3 is 0 Å². The molecule has 14 heteroatoms. The smallest absolute Gasteiger partial charge is 0.268 e. The third-order valence-corrected chi connectivity index (χ3v) is 5.56. The van der Waals surface area contributed by atoms with Crippen molar-refractivity contribution in [1.29, 1.82) is 0 Å². The minimum atomic E-state index is -5.22. The molecular weight excluding hydrogens is 445 g/mol. The van der Waals surface area contributed by atoms with Crippen LogP contribution < -0.4 is 5.56 Å². The van der Waals surface area contributed by atoms with Crippen molar-refractivity contribution in [3.05, 3.63) is 45.9 Å². The quantitative estimate of drug-likeness (QED) is 0.568. The number of aromatic nitrogens is 4. The summed E-state index contributed by atoms with van der Waals surface area (Å²) in [6, 6.07) is 1.14. The minimum Gasteiger partial charge on any atom is -0.268 e. The van der Waals surface area contributed by atoms with Gasteiger partial charge in [-0.2, -0.15) is 31.4 Å². The molecule has 0 aliphatic heterocycles. The highest BCUT2D eigenvalue weighted by Crippen LogP contribution is 2.32. The second-order valence-corrected chi connectivity index (χ2v) is 7.67. The zero-order valence-electron chi connectivity index (χ0n) is 15.1. The maximum absolute atomic E-state index is 14.6. The average Bonchev–Trinajstić information content (AvgIpc) is 2.94. The Bertz CT molecular complexity index is 1230. The van der Waals surface area contributed by atoms with E-state index in [0.29, 0.717) is 12.1 Å². The molecule has 3 aromatic rings. The Labute approximate surface area is 165 Å². The van der Waals surface area contributed by atoms with Crippen molar-refractivity contribution in [2.75, 3.05) is 5.75 Å². The van der Waals surface area contributed by atoms with Crippen molar-refractivity contribution in [2.24, 2.45) is 7.05 Å². The SMILES string of the molecule is Cc1cc(F)c(-n2c(C(F)(F)F)nc3c(cnn3C)c2=O)cc1S(=O)CC(F)(F)F. The Hall–Kier alpha value is -2.77. The predicted molar refractivity (Wildman–Crippen MR) is 91.1 cm³/mol. The van der Waals surface area contributed by atoms with Gasteiger partial charge in [-0.25, -0.2) is 9.37 Å². The number of halogens is 7. The Morgan fingerprint density at radius 1 is 1.13 bits per heavy atom. The Balaban J connectivity index is 2.35. The highest BCUT2D eigenvalue weighted by Gasteiger charge is 2.39. The van der Waals surface area contributed by atoms with Gasteiger partial charge in [0.05, 0.1) is 22.7 Å². The van der Waals surface area contributed by atoms with Crippen molar-refractivity contribution >= 4 is 21.8 Å². The van der Waals surface area contributed by atoms with Gasteiger partial charge in [-0.15, -0.1) is 0 Å². The first-order chi connectivity index (χ1) is 13.7. The number of rotatable bonds is 3. The van der Waals surface area contributed by atoms with E-state index in [2.05, 4.69) is 10.1 Å². The van der Waals surface area contributed by atoms with Gasteiger partial charge in [-0.05, 0) is 24.6 Å². The molecule has 2 aromatic heterocycles. The molecule has 0 saturated heterocycles. The Kier molecular flexibility index (Phi) is 5.25. The lowest BCUT2D eigenvalue weighted by Crippen LogP contribution is -2.29. The molecule has 1 unspecified atom stereocenters. The zero-order chi connectivity index (χ0) is 22.6. The van der Waals surface area contributed by atoms with Crippen LogP contribution in [0.4, 0.5) is 30.7 Å². The predicted octanol–water partition coefficient (Wildman–Crippen LogP) is 3.26. The van der Waals surface area contributed by atoms with Gasteiger partial charge in [0.25, 0.3) is 5.56 Å². The van der Waals surface area contributed by atoms with Crippen LogP contribution in [0.3, 0.4) is 0 Å². The van der Waals surface area contributed by atoms with E-state index in [9.17, 15) is 39.7 Å². The van der Waals surface area contributed by atoms with Gasteiger partial charge in [-0.3, -0.25) is 18.3 Å².